The van der Waals surface area contributed by atoms with Crippen LogP contribution < -0.4 is 10.6 Å². The zero-order chi connectivity index (χ0) is 12.7. The van der Waals surface area contributed by atoms with E-state index in [0.717, 1.165) is 24.6 Å². The van der Waals surface area contributed by atoms with Gasteiger partial charge in [-0.05, 0) is 31.5 Å². The molecule has 0 fully saturated rings. The van der Waals surface area contributed by atoms with Crippen LogP contribution in [0, 0.1) is 5.82 Å². The van der Waals surface area contributed by atoms with Crippen LogP contribution in [0.25, 0.3) is 0 Å². The normalized spacial score (nSPS) is 9.88. The second kappa shape index (κ2) is 7.12. The number of aliphatic imine (C=N–C) groups is 1. The Bertz CT molecular complexity index is 385. The van der Waals surface area contributed by atoms with Gasteiger partial charge in [0.2, 0.25) is 0 Å². The Balaban J connectivity index is 2.68. The Hall–Kier alpha value is -1.29. The minimum absolute atomic E-state index is 0.131. The van der Waals surface area contributed by atoms with Gasteiger partial charge in [-0.2, -0.15) is 0 Å². The second-order valence-electron chi connectivity index (χ2n) is 3.47. The molecule has 2 N–H and O–H groups in total. The first-order valence-corrected chi connectivity index (χ1v) is 6.01. The highest BCUT2D eigenvalue weighted by atomic mass is 35.5. The molecule has 0 aliphatic heterocycles. The molecule has 0 spiro atoms. The van der Waals surface area contributed by atoms with E-state index in [1.807, 2.05) is 13.8 Å². The molecule has 0 radical (unpaired) electrons. The van der Waals surface area contributed by atoms with Gasteiger partial charge in [-0.1, -0.05) is 17.7 Å². The number of rotatable bonds is 4. The molecular weight excluding hydrogens is 241 g/mol. The highest BCUT2D eigenvalue weighted by Gasteiger charge is 2.01. The zero-order valence-electron chi connectivity index (χ0n) is 10.1. The lowest BCUT2D eigenvalue weighted by atomic mass is 10.2. The summed E-state index contributed by atoms with van der Waals surface area (Å²) in [6.45, 7) is 6.07. The van der Waals surface area contributed by atoms with Crippen LogP contribution >= 0.6 is 11.6 Å². The van der Waals surface area contributed by atoms with Crippen molar-refractivity contribution in [2.45, 2.75) is 20.4 Å². The van der Waals surface area contributed by atoms with Gasteiger partial charge in [0.1, 0.15) is 5.82 Å². The van der Waals surface area contributed by atoms with Crippen LogP contribution in [0.2, 0.25) is 5.02 Å². The number of benzene rings is 1. The van der Waals surface area contributed by atoms with Gasteiger partial charge < -0.3 is 10.6 Å². The summed E-state index contributed by atoms with van der Waals surface area (Å²) in [5.74, 6) is 0.341. The van der Waals surface area contributed by atoms with E-state index < -0.39 is 5.82 Å². The van der Waals surface area contributed by atoms with Crippen LogP contribution in [-0.2, 0) is 6.54 Å². The quantitative estimate of drug-likeness (QED) is 0.643. The summed E-state index contributed by atoms with van der Waals surface area (Å²) in [7, 11) is 0. The fourth-order valence-corrected chi connectivity index (χ4v) is 1.52. The maximum absolute atomic E-state index is 12.9. The van der Waals surface area contributed by atoms with Crippen molar-refractivity contribution >= 4 is 17.6 Å². The van der Waals surface area contributed by atoms with Crippen molar-refractivity contribution < 1.29 is 4.39 Å². The Morgan fingerprint density at radius 1 is 1.29 bits per heavy atom. The predicted octanol–water partition coefficient (Wildman–Crippen LogP) is 2.55. The molecule has 0 bridgehead atoms. The smallest absolute Gasteiger partial charge is 0.191 e. The summed E-state index contributed by atoms with van der Waals surface area (Å²) in [5, 5.41) is 6.35. The van der Waals surface area contributed by atoms with E-state index in [1.165, 1.54) is 6.07 Å². The number of hydrogen-bond donors (Lipinski definition) is 2. The molecule has 0 unspecified atom stereocenters. The van der Waals surface area contributed by atoms with Crippen LogP contribution in [0.3, 0.4) is 0 Å². The number of guanidine groups is 1. The van der Waals surface area contributed by atoms with Crippen molar-refractivity contribution in [2.75, 3.05) is 13.1 Å². The minimum Gasteiger partial charge on any atom is -0.357 e. The van der Waals surface area contributed by atoms with Gasteiger partial charge in [0.05, 0.1) is 11.6 Å². The van der Waals surface area contributed by atoms with E-state index >= 15 is 0 Å². The number of hydrogen-bond acceptors (Lipinski definition) is 1. The number of nitrogens with zero attached hydrogens (tertiary/aromatic N) is 1. The topological polar surface area (TPSA) is 36.4 Å². The lowest BCUT2D eigenvalue weighted by Gasteiger charge is -2.09. The Morgan fingerprint density at radius 2 is 1.94 bits per heavy atom. The molecule has 0 amide bonds. The Kier molecular flexibility index (Phi) is 5.77. The number of halogens is 2. The van der Waals surface area contributed by atoms with E-state index in [-0.39, 0.29) is 5.02 Å². The zero-order valence-corrected chi connectivity index (χ0v) is 10.8. The lowest BCUT2D eigenvalue weighted by molar-refractivity contribution is 0.627. The fraction of sp³-hybridized carbons (Fsp3) is 0.417. The standard InChI is InChI=1S/C12H17ClFN3/c1-3-15-12(16-4-2)17-8-9-5-6-11(14)10(13)7-9/h5-7H,3-4,8H2,1-2H3,(H2,15,16,17). The summed E-state index contributed by atoms with van der Waals surface area (Å²) in [6.07, 6.45) is 0. The van der Waals surface area contributed by atoms with E-state index in [4.69, 9.17) is 11.6 Å². The Labute approximate surface area is 106 Å². The van der Waals surface area contributed by atoms with Crippen molar-refractivity contribution in [3.8, 4) is 0 Å². The molecule has 0 aromatic heterocycles. The van der Waals surface area contributed by atoms with Gasteiger partial charge >= 0.3 is 0 Å². The first-order chi connectivity index (χ1) is 8.17. The molecule has 0 aliphatic carbocycles. The van der Waals surface area contributed by atoms with Crippen LogP contribution in [0.5, 0.6) is 0 Å². The fourth-order valence-electron chi connectivity index (χ4n) is 1.32. The first kappa shape index (κ1) is 13.8. The molecule has 1 aromatic rings. The van der Waals surface area contributed by atoms with Crippen LogP contribution in [0.15, 0.2) is 23.2 Å². The van der Waals surface area contributed by atoms with Crippen molar-refractivity contribution in [2.24, 2.45) is 4.99 Å². The highest BCUT2D eigenvalue weighted by Crippen LogP contribution is 2.16. The van der Waals surface area contributed by atoms with Crippen molar-refractivity contribution in [1.29, 1.82) is 0 Å². The minimum atomic E-state index is -0.405. The summed E-state index contributed by atoms with van der Waals surface area (Å²) in [5.41, 5.74) is 0.879. The SMILES string of the molecule is CCNC(=NCc1ccc(F)c(Cl)c1)NCC. The monoisotopic (exact) mass is 257 g/mol. The first-order valence-electron chi connectivity index (χ1n) is 5.63. The third-order valence-electron chi connectivity index (χ3n) is 2.09. The van der Waals surface area contributed by atoms with Gasteiger partial charge in [-0.3, -0.25) is 0 Å². The third kappa shape index (κ3) is 4.61. The molecule has 0 heterocycles. The van der Waals surface area contributed by atoms with Gasteiger partial charge in [-0.25, -0.2) is 9.38 Å². The molecule has 0 saturated carbocycles. The third-order valence-corrected chi connectivity index (χ3v) is 2.38. The lowest BCUT2D eigenvalue weighted by Crippen LogP contribution is -2.36. The molecule has 17 heavy (non-hydrogen) atoms. The second-order valence-corrected chi connectivity index (χ2v) is 3.88. The van der Waals surface area contributed by atoms with Crippen LogP contribution in [-0.4, -0.2) is 19.0 Å². The molecule has 94 valence electrons. The average molecular weight is 258 g/mol. The van der Waals surface area contributed by atoms with Crippen LogP contribution in [0.1, 0.15) is 19.4 Å². The van der Waals surface area contributed by atoms with Gasteiger partial charge in [-0.15, -0.1) is 0 Å². The van der Waals surface area contributed by atoms with Crippen molar-refractivity contribution in [3.63, 3.8) is 0 Å². The molecule has 0 aliphatic rings. The van der Waals surface area contributed by atoms with E-state index in [1.54, 1.807) is 12.1 Å². The van der Waals surface area contributed by atoms with Gasteiger partial charge in [0.15, 0.2) is 5.96 Å². The molecule has 0 atom stereocenters. The molecule has 5 heteroatoms. The average Bonchev–Trinajstić information content (AvgIpc) is 2.31. The largest absolute Gasteiger partial charge is 0.357 e. The van der Waals surface area contributed by atoms with E-state index in [2.05, 4.69) is 15.6 Å². The maximum Gasteiger partial charge on any atom is 0.191 e. The highest BCUT2D eigenvalue weighted by molar-refractivity contribution is 6.30. The molecule has 3 nitrogen and oxygen atoms in total. The van der Waals surface area contributed by atoms with E-state index in [9.17, 15) is 4.39 Å². The number of nitrogens with one attached hydrogen (secondary N) is 2. The van der Waals surface area contributed by atoms with Crippen LogP contribution in [0.4, 0.5) is 4.39 Å². The van der Waals surface area contributed by atoms with Crippen molar-refractivity contribution in [3.05, 3.63) is 34.6 Å². The van der Waals surface area contributed by atoms with Gasteiger partial charge in [0, 0.05) is 13.1 Å². The Morgan fingerprint density at radius 3 is 2.47 bits per heavy atom. The molecule has 1 aromatic carbocycles. The summed E-state index contributed by atoms with van der Waals surface area (Å²) in [4.78, 5) is 4.36. The molecule has 0 saturated heterocycles. The maximum atomic E-state index is 12.9. The molecule has 1 rings (SSSR count). The summed E-state index contributed by atoms with van der Waals surface area (Å²) in [6, 6.07) is 4.63. The van der Waals surface area contributed by atoms with Crippen molar-refractivity contribution in [1.82, 2.24) is 10.6 Å². The molecular formula is C12H17ClFN3. The predicted molar refractivity (Wildman–Crippen MR) is 69.9 cm³/mol. The van der Waals surface area contributed by atoms with Gasteiger partial charge in [0.25, 0.3) is 0 Å². The summed E-state index contributed by atoms with van der Waals surface area (Å²) < 4.78 is 12.9. The van der Waals surface area contributed by atoms with E-state index in [0.29, 0.717) is 6.54 Å². The summed E-state index contributed by atoms with van der Waals surface area (Å²) >= 11 is 5.70.